The van der Waals surface area contributed by atoms with Crippen LogP contribution in [0.5, 0.6) is 0 Å². The van der Waals surface area contributed by atoms with Crippen molar-refractivity contribution in [1.82, 2.24) is 9.80 Å². The monoisotopic (exact) mass is 374 g/mol. The number of fused-ring (bicyclic) bond motifs is 1. The van der Waals surface area contributed by atoms with Gasteiger partial charge in [0.15, 0.2) is 11.5 Å². The van der Waals surface area contributed by atoms with Gasteiger partial charge in [-0.25, -0.2) is 0 Å². The van der Waals surface area contributed by atoms with Gasteiger partial charge in [0, 0.05) is 19.1 Å². The van der Waals surface area contributed by atoms with Crippen LogP contribution >= 0.6 is 0 Å². The maximum Gasteiger partial charge on any atom is 0.311 e. The summed E-state index contributed by atoms with van der Waals surface area (Å²) in [7, 11) is 1.92. The van der Waals surface area contributed by atoms with Crippen LogP contribution in [0.3, 0.4) is 0 Å². The number of carbonyl (C=O) groups is 2. The van der Waals surface area contributed by atoms with E-state index in [1.807, 2.05) is 7.05 Å². The second-order valence-corrected chi connectivity index (χ2v) is 8.04. The molecule has 0 radical (unpaired) electrons. The van der Waals surface area contributed by atoms with E-state index in [4.69, 9.17) is 4.42 Å². The molecule has 7 nitrogen and oxygen atoms in total. The Morgan fingerprint density at radius 3 is 2.70 bits per heavy atom. The summed E-state index contributed by atoms with van der Waals surface area (Å²) in [6.07, 6.45) is 1.95. The Kier molecular flexibility index (Phi) is 5.06. The van der Waals surface area contributed by atoms with Crippen LogP contribution in [-0.4, -0.2) is 70.2 Å². The first-order valence-corrected chi connectivity index (χ1v) is 9.21. The SMILES string of the molecule is CN1CCC[C@]2(C(=O)O)CCN(C(=O)c3ccc(C#CC(C)(C)O)o3)C[C@@H]12. The molecule has 2 aliphatic rings. The minimum absolute atomic E-state index is 0.177. The summed E-state index contributed by atoms with van der Waals surface area (Å²) in [6, 6.07) is 2.97. The maximum absolute atomic E-state index is 12.8. The minimum atomic E-state index is -1.14. The van der Waals surface area contributed by atoms with Crippen molar-refractivity contribution in [3.8, 4) is 11.8 Å². The first kappa shape index (κ1) is 19.5. The Morgan fingerprint density at radius 1 is 1.30 bits per heavy atom. The number of carbonyl (C=O) groups excluding carboxylic acids is 1. The van der Waals surface area contributed by atoms with Gasteiger partial charge in [0.05, 0.1) is 5.41 Å². The van der Waals surface area contributed by atoms with Gasteiger partial charge in [0.25, 0.3) is 5.91 Å². The van der Waals surface area contributed by atoms with Crippen LogP contribution in [0.4, 0.5) is 0 Å². The molecule has 0 unspecified atom stereocenters. The van der Waals surface area contributed by atoms with E-state index >= 15 is 0 Å². The molecule has 0 spiro atoms. The predicted molar refractivity (Wildman–Crippen MR) is 98.1 cm³/mol. The molecule has 0 bridgehead atoms. The van der Waals surface area contributed by atoms with Gasteiger partial charge in [-0.1, -0.05) is 5.92 Å². The number of carboxylic acid groups (broad SMARTS) is 1. The van der Waals surface area contributed by atoms with E-state index in [2.05, 4.69) is 16.7 Å². The molecule has 2 atom stereocenters. The average Bonchev–Trinajstić information content (AvgIpc) is 3.08. The first-order valence-electron chi connectivity index (χ1n) is 9.21. The van der Waals surface area contributed by atoms with E-state index in [1.165, 1.54) is 0 Å². The highest BCUT2D eigenvalue weighted by Gasteiger charge is 2.53. The molecule has 0 saturated carbocycles. The number of likely N-dealkylation sites (tertiary alicyclic amines) is 2. The molecule has 1 aromatic rings. The number of hydrogen-bond donors (Lipinski definition) is 2. The van der Waals surface area contributed by atoms with E-state index in [0.717, 1.165) is 13.0 Å². The summed E-state index contributed by atoms with van der Waals surface area (Å²) < 4.78 is 5.52. The number of furan rings is 1. The molecular formula is C20H26N2O5. The summed E-state index contributed by atoms with van der Waals surface area (Å²) in [4.78, 5) is 28.5. The fraction of sp³-hybridized carbons (Fsp3) is 0.600. The second kappa shape index (κ2) is 7.02. The van der Waals surface area contributed by atoms with Gasteiger partial charge in [-0.15, -0.1) is 0 Å². The van der Waals surface area contributed by atoms with Crippen LogP contribution in [0.2, 0.25) is 0 Å². The van der Waals surface area contributed by atoms with Gasteiger partial charge in [0.2, 0.25) is 0 Å². The standard InChI is InChI=1S/C20H26N2O5/c1-19(2,26)9-7-14-5-6-15(27-14)17(23)22-12-10-20(18(24)25)8-4-11-21(3)16(20)13-22/h5-6,16,26H,4,8,10-13H2,1-3H3,(H,24,25)/t16-,20+/m1/s1. The van der Waals surface area contributed by atoms with Crippen molar-refractivity contribution in [2.75, 3.05) is 26.7 Å². The van der Waals surface area contributed by atoms with Gasteiger partial charge in [-0.05, 0) is 64.8 Å². The molecule has 7 heteroatoms. The zero-order valence-electron chi connectivity index (χ0n) is 16.0. The molecular weight excluding hydrogens is 348 g/mol. The van der Waals surface area contributed by atoms with Gasteiger partial charge in [0.1, 0.15) is 5.60 Å². The molecule has 2 saturated heterocycles. The summed E-state index contributed by atoms with van der Waals surface area (Å²) in [5, 5.41) is 19.5. The summed E-state index contributed by atoms with van der Waals surface area (Å²) in [5.41, 5.74) is -1.92. The molecule has 2 N–H and O–H groups in total. The zero-order valence-corrected chi connectivity index (χ0v) is 16.0. The lowest BCUT2D eigenvalue weighted by Crippen LogP contribution is -2.63. The highest BCUT2D eigenvalue weighted by atomic mass is 16.4. The van der Waals surface area contributed by atoms with Crippen LogP contribution in [0.1, 0.15) is 49.4 Å². The van der Waals surface area contributed by atoms with Crippen LogP contribution < -0.4 is 0 Å². The Hall–Kier alpha value is -2.30. The van der Waals surface area contributed by atoms with Gasteiger partial charge >= 0.3 is 5.97 Å². The van der Waals surface area contributed by atoms with E-state index in [-0.39, 0.29) is 17.7 Å². The Bertz CT molecular complexity index is 797. The molecule has 0 aromatic carbocycles. The van der Waals surface area contributed by atoms with Crippen molar-refractivity contribution < 1.29 is 24.2 Å². The van der Waals surface area contributed by atoms with Crippen LogP contribution in [0.25, 0.3) is 0 Å². The molecule has 2 fully saturated rings. The van der Waals surface area contributed by atoms with E-state index in [1.54, 1.807) is 30.9 Å². The van der Waals surface area contributed by atoms with Gasteiger partial charge < -0.3 is 24.4 Å². The number of aliphatic hydroxyl groups is 1. The van der Waals surface area contributed by atoms with Gasteiger partial charge in [-0.3, -0.25) is 9.59 Å². The number of hydrogen-bond acceptors (Lipinski definition) is 5. The molecule has 1 amide bonds. The number of aliphatic carboxylic acids is 1. The van der Waals surface area contributed by atoms with Crippen LogP contribution in [-0.2, 0) is 4.79 Å². The molecule has 3 heterocycles. The number of nitrogens with zero attached hydrogens (tertiary/aromatic N) is 2. The quantitative estimate of drug-likeness (QED) is 0.761. The van der Waals surface area contributed by atoms with Crippen LogP contribution in [0, 0.1) is 17.3 Å². The highest BCUT2D eigenvalue weighted by Crippen LogP contribution is 2.42. The third kappa shape index (κ3) is 3.87. The van der Waals surface area contributed by atoms with Crippen molar-refractivity contribution in [2.24, 2.45) is 5.41 Å². The summed E-state index contributed by atoms with van der Waals surface area (Å²) >= 11 is 0. The van der Waals surface area contributed by atoms with Crippen molar-refractivity contribution in [3.05, 3.63) is 23.7 Å². The average molecular weight is 374 g/mol. The normalized spacial score (nSPS) is 26.1. The van der Waals surface area contributed by atoms with Crippen molar-refractivity contribution in [2.45, 2.75) is 44.8 Å². The number of amides is 1. The van der Waals surface area contributed by atoms with Crippen molar-refractivity contribution >= 4 is 11.9 Å². The van der Waals surface area contributed by atoms with E-state index in [9.17, 15) is 19.8 Å². The highest BCUT2D eigenvalue weighted by molar-refractivity contribution is 5.92. The fourth-order valence-corrected chi connectivity index (χ4v) is 4.06. The Morgan fingerprint density at radius 2 is 2.04 bits per heavy atom. The minimum Gasteiger partial charge on any atom is -0.481 e. The molecule has 2 aliphatic heterocycles. The lowest BCUT2D eigenvalue weighted by molar-refractivity contribution is -0.161. The second-order valence-electron chi connectivity index (χ2n) is 8.04. The van der Waals surface area contributed by atoms with Gasteiger partial charge in [-0.2, -0.15) is 0 Å². The van der Waals surface area contributed by atoms with Crippen molar-refractivity contribution in [1.29, 1.82) is 0 Å². The molecule has 27 heavy (non-hydrogen) atoms. The van der Waals surface area contributed by atoms with E-state index < -0.39 is 17.0 Å². The summed E-state index contributed by atoms with van der Waals surface area (Å²) in [6.45, 7) is 4.73. The van der Waals surface area contributed by atoms with Crippen LogP contribution in [0.15, 0.2) is 16.5 Å². The van der Waals surface area contributed by atoms with Crippen molar-refractivity contribution in [3.63, 3.8) is 0 Å². The largest absolute Gasteiger partial charge is 0.481 e. The number of likely N-dealkylation sites (N-methyl/N-ethyl adjacent to an activating group) is 1. The van der Waals surface area contributed by atoms with E-state index in [0.29, 0.717) is 31.7 Å². The topological polar surface area (TPSA) is 94.2 Å². The number of piperidine rings is 2. The smallest absolute Gasteiger partial charge is 0.311 e. The third-order valence-corrected chi connectivity index (χ3v) is 5.55. The number of carboxylic acids is 1. The lowest BCUT2D eigenvalue weighted by Gasteiger charge is -2.51. The number of rotatable bonds is 2. The first-order chi connectivity index (χ1) is 12.6. The Labute approximate surface area is 158 Å². The zero-order chi connectivity index (χ0) is 19.8. The fourth-order valence-electron chi connectivity index (χ4n) is 4.06. The maximum atomic E-state index is 12.8. The molecule has 146 valence electrons. The third-order valence-electron chi connectivity index (χ3n) is 5.55. The predicted octanol–water partition coefficient (Wildman–Crippen LogP) is 1.41. The molecule has 1 aromatic heterocycles. The lowest BCUT2D eigenvalue weighted by atomic mass is 9.68. The molecule has 0 aliphatic carbocycles. The summed E-state index contributed by atoms with van der Waals surface area (Å²) in [5.74, 6) is 4.82. The Balaban J connectivity index is 1.76. The molecule has 3 rings (SSSR count).